The van der Waals surface area contributed by atoms with Crippen LogP contribution >= 0.6 is 11.8 Å². The van der Waals surface area contributed by atoms with E-state index in [2.05, 4.69) is 10.6 Å². The number of carbonyl (C=O) groups excluding carboxylic acids is 1. The van der Waals surface area contributed by atoms with Gasteiger partial charge in [0.2, 0.25) is 0 Å². The molecule has 1 unspecified atom stereocenters. The van der Waals surface area contributed by atoms with Gasteiger partial charge in [0.25, 0.3) is 5.24 Å². The highest BCUT2D eigenvalue weighted by Crippen LogP contribution is 2.17. The van der Waals surface area contributed by atoms with Gasteiger partial charge in [0.1, 0.15) is 6.17 Å². The third-order valence-corrected chi connectivity index (χ3v) is 3.82. The zero-order valence-electron chi connectivity index (χ0n) is 15.8. The van der Waals surface area contributed by atoms with Crippen LogP contribution in [-0.2, 0) is 18.9 Å². The molecule has 1 amide bonds. The molecular formula is C16H33FN2O5S. The lowest BCUT2D eigenvalue weighted by molar-refractivity contribution is -0.0893. The number of thioether (sulfide) groups is 1. The van der Waals surface area contributed by atoms with Crippen molar-refractivity contribution in [2.45, 2.75) is 25.6 Å². The summed E-state index contributed by atoms with van der Waals surface area (Å²) in [6, 6.07) is 0. The van der Waals surface area contributed by atoms with E-state index in [9.17, 15) is 9.18 Å². The van der Waals surface area contributed by atoms with Crippen LogP contribution in [0.1, 0.15) is 13.8 Å². The molecule has 0 heterocycles. The molecule has 0 rings (SSSR count). The summed E-state index contributed by atoms with van der Waals surface area (Å²) in [5.74, 6) is 0. The van der Waals surface area contributed by atoms with Gasteiger partial charge < -0.3 is 29.6 Å². The van der Waals surface area contributed by atoms with Gasteiger partial charge >= 0.3 is 0 Å². The summed E-state index contributed by atoms with van der Waals surface area (Å²) >= 11 is 1.01. The van der Waals surface area contributed by atoms with E-state index in [0.717, 1.165) is 18.3 Å². The fourth-order valence-corrected chi connectivity index (χ4v) is 1.89. The predicted molar refractivity (Wildman–Crippen MR) is 98.2 cm³/mol. The molecule has 2 N–H and O–H groups in total. The maximum absolute atomic E-state index is 14.1. The van der Waals surface area contributed by atoms with Gasteiger partial charge in [-0.05, 0) is 27.2 Å². The smallest absolute Gasteiger partial charge is 0.278 e. The minimum absolute atomic E-state index is 0.0717. The number of halogens is 1. The van der Waals surface area contributed by atoms with E-state index in [4.69, 9.17) is 18.9 Å². The molecule has 0 saturated carbocycles. The van der Waals surface area contributed by atoms with Crippen LogP contribution in [0.2, 0.25) is 0 Å². The number of likely N-dealkylation sites (N-methyl/N-ethyl adjacent to an activating group) is 1. The fourth-order valence-electron chi connectivity index (χ4n) is 1.66. The Balaban J connectivity index is 3.51. The third kappa shape index (κ3) is 14.4. The molecule has 0 aliphatic carbocycles. The molecule has 0 saturated heterocycles. The molecule has 0 bridgehead atoms. The second-order valence-corrected chi connectivity index (χ2v) is 6.51. The van der Waals surface area contributed by atoms with Crippen molar-refractivity contribution in [2.24, 2.45) is 0 Å². The van der Waals surface area contributed by atoms with Crippen molar-refractivity contribution in [3.05, 3.63) is 0 Å². The van der Waals surface area contributed by atoms with Crippen LogP contribution in [0.3, 0.4) is 0 Å². The van der Waals surface area contributed by atoms with Crippen LogP contribution in [-0.4, -0.2) is 89.7 Å². The average Bonchev–Trinajstić information content (AvgIpc) is 2.60. The Morgan fingerprint density at radius 1 is 1.04 bits per heavy atom. The molecule has 0 radical (unpaired) electrons. The van der Waals surface area contributed by atoms with Crippen LogP contribution in [0.15, 0.2) is 0 Å². The first-order valence-electron chi connectivity index (χ1n) is 8.41. The number of carbonyl (C=O) groups is 1. The van der Waals surface area contributed by atoms with Gasteiger partial charge in [0.15, 0.2) is 0 Å². The summed E-state index contributed by atoms with van der Waals surface area (Å²) in [6.45, 7) is 7.37. The Morgan fingerprint density at radius 3 is 2.08 bits per heavy atom. The summed E-state index contributed by atoms with van der Waals surface area (Å²) in [7, 11) is 1.87. The zero-order chi connectivity index (χ0) is 19.0. The first-order chi connectivity index (χ1) is 11.9. The number of amides is 1. The van der Waals surface area contributed by atoms with E-state index in [0.29, 0.717) is 39.6 Å². The van der Waals surface area contributed by atoms with Crippen LogP contribution in [0.25, 0.3) is 0 Å². The largest absolute Gasteiger partial charge is 0.378 e. The zero-order valence-corrected chi connectivity index (χ0v) is 16.6. The van der Waals surface area contributed by atoms with Gasteiger partial charge in [0.05, 0.1) is 58.4 Å². The third-order valence-electron chi connectivity index (χ3n) is 3.31. The molecule has 1 atom stereocenters. The van der Waals surface area contributed by atoms with Crippen LogP contribution < -0.4 is 10.6 Å². The molecule has 0 aliphatic rings. The maximum Gasteiger partial charge on any atom is 0.278 e. The summed E-state index contributed by atoms with van der Waals surface area (Å²) < 4.78 is 35.6. The molecule has 0 aromatic rings. The van der Waals surface area contributed by atoms with Crippen molar-refractivity contribution in [2.75, 3.05) is 72.6 Å². The number of alkyl halides is 1. The minimum atomic E-state index is -1.30. The number of nitrogens with one attached hydrogen (secondary N) is 2. The van der Waals surface area contributed by atoms with E-state index >= 15 is 0 Å². The first kappa shape index (κ1) is 24.6. The van der Waals surface area contributed by atoms with Crippen molar-refractivity contribution >= 4 is 17.0 Å². The highest BCUT2D eigenvalue weighted by Gasteiger charge is 2.30. The molecule has 0 aromatic carbocycles. The lowest BCUT2D eigenvalue weighted by atomic mass is 10.0. The lowest BCUT2D eigenvalue weighted by Gasteiger charge is -2.29. The van der Waals surface area contributed by atoms with Gasteiger partial charge in [-0.1, -0.05) is 11.8 Å². The van der Waals surface area contributed by atoms with Crippen LogP contribution in [0, 0.1) is 0 Å². The molecule has 0 fully saturated rings. The van der Waals surface area contributed by atoms with Crippen LogP contribution in [0.4, 0.5) is 9.18 Å². The Labute approximate surface area is 154 Å². The summed E-state index contributed by atoms with van der Waals surface area (Å²) in [4.78, 5) is 11.1. The second kappa shape index (κ2) is 15.8. The molecular weight excluding hydrogens is 351 g/mol. The number of hydrogen-bond donors (Lipinski definition) is 2. The van der Waals surface area contributed by atoms with Gasteiger partial charge in [-0.15, -0.1) is 0 Å². The van der Waals surface area contributed by atoms with E-state index in [1.807, 2.05) is 7.05 Å². The minimum Gasteiger partial charge on any atom is -0.378 e. The molecule has 25 heavy (non-hydrogen) atoms. The average molecular weight is 385 g/mol. The molecule has 0 aromatic heterocycles. The standard InChI is InChI=1S/C16H33FN2O5S/c1-16(2,14(17)13-19-15(20)25-4)24-12-11-23-10-9-22-8-7-21-6-5-18-3/h14,18H,5-13H2,1-4H3,(H,19,20). The van der Waals surface area contributed by atoms with Crippen molar-refractivity contribution in [3.8, 4) is 0 Å². The highest BCUT2D eigenvalue weighted by atomic mass is 32.2. The Bertz CT molecular complexity index is 338. The number of hydrogen-bond acceptors (Lipinski definition) is 7. The molecule has 150 valence electrons. The predicted octanol–water partition coefficient (Wildman–Crippen LogP) is 1.46. The summed E-state index contributed by atoms with van der Waals surface area (Å²) in [5.41, 5.74) is -0.990. The SMILES string of the molecule is CNCCOCCOCCOCCOC(C)(C)C(F)CNC(=O)SC. The van der Waals surface area contributed by atoms with E-state index in [1.54, 1.807) is 20.1 Å². The quantitative estimate of drug-likeness (QED) is 0.390. The second-order valence-electron chi connectivity index (χ2n) is 5.73. The first-order valence-corrected chi connectivity index (χ1v) is 9.64. The van der Waals surface area contributed by atoms with Crippen molar-refractivity contribution < 1.29 is 28.1 Å². The van der Waals surface area contributed by atoms with Crippen LogP contribution in [0.5, 0.6) is 0 Å². The molecule has 0 aliphatic heterocycles. The van der Waals surface area contributed by atoms with E-state index < -0.39 is 11.8 Å². The molecule has 7 nitrogen and oxygen atoms in total. The van der Waals surface area contributed by atoms with Gasteiger partial charge in [0, 0.05) is 6.54 Å². The van der Waals surface area contributed by atoms with E-state index in [-0.39, 0.29) is 18.4 Å². The maximum atomic E-state index is 14.1. The summed E-state index contributed by atoms with van der Waals surface area (Å²) in [5, 5.41) is 5.23. The highest BCUT2D eigenvalue weighted by molar-refractivity contribution is 8.12. The van der Waals surface area contributed by atoms with E-state index in [1.165, 1.54) is 0 Å². The van der Waals surface area contributed by atoms with Crippen molar-refractivity contribution in [1.29, 1.82) is 0 Å². The topological polar surface area (TPSA) is 78.1 Å². The van der Waals surface area contributed by atoms with Gasteiger partial charge in [-0.25, -0.2) is 4.39 Å². The number of ether oxygens (including phenoxy) is 4. The number of rotatable bonds is 16. The lowest BCUT2D eigenvalue weighted by Crippen LogP contribution is -2.44. The molecule has 9 heteroatoms. The van der Waals surface area contributed by atoms with Crippen molar-refractivity contribution in [1.82, 2.24) is 10.6 Å². The Hall–Kier alpha value is -0.450. The normalized spacial score (nSPS) is 13.0. The van der Waals surface area contributed by atoms with Gasteiger partial charge in [-0.3, -0.25) is 4.79 Å². The van der Waals surface area contributed by atoms with Gasteiger partial charge in [-0.2, -0.15) is 0 Å². The fraction of sp³-hybridized carbons (Fsp3) is 0.938. The Kier molecular flexibility index (Phi) is 15.5. The Morgan fingerprint density at radius 2 is 1.56 bits per heavy atom. The van der Waals surface area contributed by atoms with Crippen molar-refractivity contribution in [3.63, 3.8) is 0 Å². The molecule has 0 spiro atoms. The monoisotopic (exact) mass is 384 g/mol. The summed E-state index contributed by atoms with van der Waals surface area (Å²) in [6.07, 6.45) is 0.345.